The van der Waals surface area contributed by atoms with Gasteiger partial charge in [0, 0.05) is 11.3 Å². The van der Waals surface area contributed by atoms with E-state index in [0.717, 1.165) is 32.4 Å². The second kappa shape index (κ2) is 8.19. The minimum atomic E-state index is -0.194. The number of hydrogen-bond donors (Lipinski definition) is 1. The third kappa shape index (κ3) is 4.33. The van der Waals surface area contributed by atoms with Gasteiger partial charge in [-0.05, 0) is 58.6 Å². The predicted molar refractivity (Wildman–Crippen MR) is 110 cm³/mol. The molecule has 0 atom stereocenters. The molecule has 4 heteroatoms. The summed E-state index contributed by atoms with van der Waals surface area (Å²) < 4.78 is 6.60. The van der Waals surface area contributed by atoms with Crippen LogP contribution in [0.15, 0.2) is 71.2 Å². The lowest BCUT2D eigenvalue weighted by atomic mass is 10.0. The van der Waals surface area contributed by atoms with Crippen molar-refractivity contribution in [1.29, 1.82) is 0 Å². The summed E-state index contributed by atoms with van der Waals surface area (Å²) in [6, 6.07) is 21.7. The molecule has 3 aromatic carbocycles. The monoisotopic (exact) mass is 409 g/mol. The molecule has 0 saturated heterocycles. The Morgan fingerprint density at radius 2 is 1.69 bits per heavy atom. The Kier molecular flexibility index (Phi) is 5.74. The zero-order chi connectivity index (χ0) is 18.5. The fourth-order valence-corrected chi connectivity index (χ4v) is 3.66. The highest BCUT2D eigenvalue weighted by Crippen LogP contribution is 2.30. The Bertz CT molecular complexity index is 899. The lowest BCUT2D eigenvalue weighted by Gasteiger charge is -2.14. The van der Waals surface area contributed by atoms with E-state index in [1.807, 2.05) is 80.6 Å². The summed E-state index contributed by atoms with van der Waals surface area (Å²) in [6.07, 6.45) is 0. The molecule has 0 radical (unpaired) electrons. The van der Waals surface area contributed by atoms with Crippen molar-refractivity contribution < 1.29 is 9.53 Å². The summed E-state index contributed by atoms with van der Waals surface area (Å²) in [7, 11) is 0. The number of carbonyl (C=O) groups is 1. The molecule has 0 unspecified atom stereocenters. The van der Waals surface area contributed by atoms with Crippen LogP contribution < -0.4 is 10.1 Å². The minimum absolute atomic E-state index is 0.0500. The van der Waals surface area contributed by atoms with E-state index >= 15 is 0 Å². The number of anilines is 1. The molecule has 3 nitrogen and oxygen atoms in total. The molecule has 3 aromatic rings. The molecular weight excluding hydrogens is 390 g/mol. The summed E-state index contributed by atoms with van der Waals surface area (Å²) in [6.45, 7) is 3.94. The van der Waals surface area contributed by atoms with E-state index in [0.29, 0.717) is 5.75 Å². The number of benzene rings is 3. The molecule has 0 aromatic heterocycles. The Morgan fingerprint density at radius 3 is 2.42 bits per heavy atom. The van der Waals surface area contributed by atoms with Crippen molar-refractivity contribution in [2.75, 3.05) is 11.9 Å². The van der Waals surface area contributed by atoms with Gasteiger partial charge in [-0.15, -0.1) is 0 Å². The molecule has 0 aliphatic rings. The van der Waals surface area contributed by atoms with Crippen LogP contribution in [0, 0.1) is 13.8 Å². The molecule has 1 N–H and O–H groups in total. The molecule has 0 heterocycles. The van der Waals surface area contributed by atoms with E-state index in [9.17, 15) is 4.79 Å². The number of ether oxygens (including phenoxy) is 1. The van der Waals surface area contributed by atoms with Gasteiger partial charge in [0.15, 0.2) is 6.61 Å². The highest BCUT2D eigenvalue weighted by molar-refractivity contribution is 9.10. The van der Waals surface area contributed by atoms with Crippen LogP contribution in [0.2, 0.25) is 0 Å². The van der Waals surface area contributed by atoms with Crippen molar-refractivity contribution in [3.05, 3.63) is 82.3 Å². The van der Waals surface area contributed by atoms with Crippen molar-refractivity contribution in [3.8, 4) is 16.9 Å². The number of hydrogen-bond acceptors (Lipinski definition) is 2. The van der Waals surface area contributed by atoms with Crippen molar-refractivity contribution in [3.63, 3.8) is 0 Å². The highest BCUT2D eigenvalue weighted by atomic mass is 79.9. The predicted octanol–water partition coefficient (Wildman–Crippen LogP) is 5.75. The molecule has 26 heavy (non-hydrogen) atoms. The SMILES string of the molecule is Cc1cc(C)c(OCC(=O)Nc2ccccc2-c2ccccc2)c(Br)c1. The van der Waals surface area contributed by atoms with Gasteiger partial charge in [0.25, 0.3) is 5.91 Å². The second-order valence-electron chi connectivity index (χ2n) is 6.14. The molecule has 0 fully saturated rings. The Balaban J connectivity index is 1.72. The quantitative estimate of drug-likeness (QED) is 0.582. The van der Waals surface area contributed by atoms with Gasteiger partial charge in [-0.25, -0.2) is 0 Å². The van der Waals surface area contributed by atoms with Crippen LogP contribution in [0.4, 0.5) is 5.69 Å². The number of carbonyl (C=O) groups excluding carboxylic acids is 1. The molecule has 0 aliphatic carbocycles. The van der Waals surface area contributed by atoms with Gasteiger partial charge in [0.1, 0.15) is 5.75 Å². The number of aryl methyl sites for hydroxylation is 2. The maximum absolute atomic E-state index is 12.4. The first kappa shape index (κ1) is 18.2. The van der Waals surface area contributed by atoms with Crippen LogP contribution in [-0.2, 0) is 4.79 Å². The van der Waals surface area contributed by atoms with Crippen LogP contribution >= 0.6 is 15.9 Å². The summed E-state index contributed by atoms with van der Waals surface area (Å²) in [4.78, 5) is 12.4. The first-order valence-corrected chi connectivity index (χ1v) is 9.18. The first-order valence-electron chi connectivity index (χ1n) is 8.38. The number of halogens is 1. The molecular formula is C22H20BrNO2. The van der Waals surface area contributed by atoms with Crippen LogP contribution in [-0.4, -0.2) is 12.5 Å². The average Bonchev–Trinajstić information content (AvgIpc) is 2.62. The summed E-state index contributed by atoms with van der Waals surface area (Å²) in [5, 5.41) is 2.95. The highest BCUT2D eigenvalue weighted by Gasteiger charge is 2.11. The van der Waals surface area contributed by atoms with Crippen LogP contribution in [0.25, 0.3) is 11.1 Å². The molecule has 1 amide bonds. The number of amides is 1. The molecule has 132 valence electrons. The largest absolute Gasteiger partial charge is 0.482 e. The molecule has 0 aliphatic heterocycles. The van der Waals surface area contributed by atoms with E-state index in [1.54, 1.807) is 0 Å². The Hall–Kier alpha value is -2.59. The molecule has 3 rings (SSSR count). The minimum Gasteiger partial charge on any atom is -0.482 e. The average molecular weight is 410 g/mol. The van der Waals surface area contributed by atoms with Gasteiger partial charge in [-0.2, -0.15) is 0 Å². The fraction of sp³-hybridized carbons (Fsp3) is 0.136. The fourth-order valence-electron chi connectivity index (χ4n) is 2.87. The lowest BCUT2D eigenvalue weighted by Crippen LogP contribution is -2.21. The van der Waals surface area contributed by atoms with Crippen LogP contribution in [0.3, 0.4) is 0 Å². The topological polar surface area (TPSA) is 38.3 Å². The van der Waals surface area contributed by atoms with E-state index < -0.39 is 0 Å². The van der Waals surface area contributed by atoms with E-state index in [-0.39, 0.29) is 12.5 Å². The normalized spacial score (nSPS) is 10.4. The first-order chi connectivity index (χ1) is 12.5. The third-order valence-electron chi connectivity index (χ3n) is 4.01. The van der Waals surface area contributed by atoms with Gasteiger partial charge >= 0.3 is 0 Å². The lowest BCUT2D eigenvalue weighted by molar-refractivity contribution is -0.118. The summed E-state index contributed by atoms with van der Waals surface area (Å²) >= 11 is 3.50. The van der Waals surface area contributed by atoms with Gasteiger partial charge in [0.2, 0.25) is 0 Å². The Morgan fingerprint density at radius 1 is 1.00 bits per heavy atom. The Labute approximate surface area is 162 Å². The number of nitrogens with one attached hydrogen (secondary N) is 1. The summed E-state index contributed by atoms with van der Waals surface area (Å²) in [5.74, 6) is 0.502. The second-order valence-corrected chi connectivity index (χ2v) is 7.00. The molecule has 0 saturated carbocycles. The van der Waals surface area contributed by atoms with Crippen LogP contribution in [0.5, 0.6) is 5.75 Å². The van der Waals surface area contributed by atoms with E-state index in [1.165, 1.54) is 0 Å². The summed E-state index contributed by atoms with van der Waals surface area (Å²) in [5.41, 5.74) is 4.94. The van der Waals surface area contributed by atoms with Gasteiger partial charge in [0.05, 0.1) is 4.47 Å². The van der Waals surface area contributed by atoms with Gasteiger partial charge < -0.3 is 10.1 Å². The zero-order valence-electron chi connectivity index (χ0n) is 14.8. The van der Waals surface area contributed by atoms with Gasteiger partial charge in [-0.3, -0.25) is 4.79 Å². The van der Waals surface area contributed by atoms with E-state index in [2.05, 4.69) is 21.2 Å². The third-order valence-corrected chi connectivity index (χ3v) is 4.60. The van der Waals surface area contributed by atoms with Crippen molar-refractivity contribution in [1.82, 2.24) is 0 Å². The number of rotatable bonds is 5. The van der Waals surface area contributed by atoms with Crippen LogP contribution in [0.1, 0.15) is 11.1 Å². The van der Waals surface area contributed by atoms with Crippen molar-refractivity contribution in [2.24, 2.45) is 0 Å². The molecule has 0 spiro atoms. The zero-order valence-corrected chi connectivity index (χ0v) is 16.3. The van der Waals surface area contributed by atoms with E-state index in [4.69, 9.17) is 4.74 Å². The molecule has 0 bridgehead atoms. The van der Waals surface area contributed by atoms with Crippen molar-refractivity contribution >= 4 is 27.5 Å². The van der Waals surface area contributed by atoms with Gasteiger partial charge in [-0.1, -0.05) is 54.6 Å². The smallest absolute Gasteiger partial charge is 0.262 e. The maximum Gasteiger partial charge on any atom is 0.262 e. The van der Waals surface area contributed by atoms with Crippen molar-refractivity contribution in [2.45, 2.75) is 13.8 Å². The standard InChI is InChI=1S/C22H20BrNO2/c1-15-12-16(2)22(19(23)13-15)26-14-21(25)24-20-11-7-6-10-18(20)17-8-4-3-5-9-17/h3-13H,14H2,1-2H3,(H,24,25). The number of para-hydroxylation sites is 1. The maximum atomic E-state index is 12.4.